The summed E-state index contributed by atoms with van der Waals surface area (Å²) in [6, 6.07) is 0.799. The van der Waals surface area contributed by atoms with Gasteiger partial charge in [-0.05, 0) is 52.1 Å². The molecule has 0 bridgehead atoms. The Hall–Kier alpha value is -0.300. The van der Waals surface area contributed by atoms with Gasteiger partial charge in [0.15, 0.2) is 0 Å². The van der Waals surface area contributed by atoms with Gasteiger partial charge in [0.1, 0.15) is 0 Å². The molecule has 1 saturated carbocycles. The summed E-state index contributed by atoms with van der Waals surface area (Å²) in [6.07, 6.45) is 6.85. The Morgan fingerprint density at radius 2 is 1.93 bits per heavy atom. The van der Waals surface area contributed by atoms with Crippen LogP contribution in [-0.2, 0) is 0 Å². The van der Waals surface area contributed by atoms with Gasteiger partial charge in [-0.25, -0.2) is 0 Å². The third-order valence-corrected chi connectivity index (χ3v) is 3.85. The Bertz CT molecular complexity index is 207. The molecule has 0 amide bonds. The van der Waals surface area contributed by atoms with Gasteiger partial charge in [-0.1, -0.05) is 25.3 Å². The van der Waals surface area contributed by atoms with Crippen LogP contribution in [0.25, 0.3) is 0 Å². The highest BCUT2D eigenvalue weighted by atomic mass is 15.1. The molecule has 3 atom stereocenters. The van der Waals surface area contributed by atoms with E-state index < -0.39 is 0 Å². The number of hydrogen-bond acceptors (Lipinski definition) is 1. The first-order chi connectivity index (χ1) is 7.02. The maximum absolute atomic E-state index is 4.05. The Morgan fingerprint density at radius 3 is 2.47 bits per heavy atom. The smallest absolute Gasteiger partial charge is 0.0120 e. The summed E-state index contributed by atoms with van der Waals surface area (Å²) >= 11 is 0. The van der Waals surface area contributed by atoms with E-state index in [1.165, 1.54) is 37.7 Å². The SMILES string of the molecule is C=C(C)C[C@@H](C)[C@H]1CCCC[C@H]1N(C)C. The molecule has 1 aliphatic carbocycles. The van der Waals surface area contributed by atoms with Gasteiger partial charge in [0.2, 0.25) is 0 Å². The molecule has 0 N–H and O–H groups in total. The Labute approximate surface area is 95.5 Å². The number of rotatable bonds is 4. The van der Waals surface area contributed by atoms with Crippen LogP contribution in [0.4, 0.5) is 0 Å². The van der Waals surface area contributed by atoms with Gasteiger partial charge < -0.3 is 4.90 Å². The summed E-state index contributed by atoms with van der Waals surface area (Å²) in [5.74, 6) is 1.68. The molecule has 0 aliphatic heterocycles. The standard InChI is InChI=1S/C14H27N/c1-11(2)10-12(3)13-8-6-7-9-14(13)15(4)5/h12-14H,1,6-10H2,2-5H3/t12-,13-,14-/m1/s1. The zero-order chi connectivity index (χ0) is 11.4. The molecule has 0 aromatic heterocycles. The zero-order valence-corrected chi connectivity index (χ0v) is 10.9. The second-order valence-corrected chi connectivity index (χ2v) is 5.62. The second-order valence-electron chi connectivity index (χ2n) is 5.62. The fraction of sp³-hybridized carbons (Fsp3) is 0.857. The van der Waals surface area contributed by atoms with Crippen molar-refractivity contribution < 1.29 is 0 Å². The highest BCUT2D eigenvalue weighted by Crippen LogP contribution is 2.35. The monoisotopic (exact) mass is 209 g/mol. The molecule has 0 aromatic rings. The predicted octanol–water partition coefficient (Wildman–Crippen LogP) is 3.71. The minimum Gasteiger partial charge on any atom is -0.306 e. The van der Waals surface area contributed by atoms with E-state index in [1.807, 2.05) is 0 Å². The maximum atomic E-state index is 4.05. The lowest BCUT2D eigenvalue weighted by atomic mass is 9.75. The molecule has 0 heterocycles. The van der Waals surface area contributed by atoms with Crippen molar-refractivity contribution in [2.75, 3.05) is 14.1 Å². The van der Waals surface area contributed by atoms with E-state index in [-0.39, 0.29) is 0 Å². The first-order valence-corrected chi connectivity index (χ1v) is 6.33. The van der Waals surface area contributed by atoms with Crippen LogP contribution in [0.1, 0.15) is 46.0 Å². The molecule has 1 aliphatic rings. The lowest BCUT2D eigenvalue weighted by molar-refractivity contribution is 0.114. The van der Waals surface area contributed by atoms with Gasteiger partial charge in [-0.3, -0.25) is 0 Å². The number of nitrogens with zero attached hydrogens (tertiary/aromatic N) is 1. The van der Waals surface area contributed by atoms with Gasteiger partial charge >= 0.3 is 0 Å². The van der Waals surface area contributed by atoms with Crippen LogP contribution in [0, 0.1) is 11.8 Å². The van der Waals surface area contributed by atoms with Crippen molar-refractivity contribution in [3.63, 3.8) is 0 Å². The number of allylic oxidation sites excluding steroid dienone is 1. The summed E-state index contributed by atoms with van der Waals surface area (Å²) in [5, 5.41) is 0. The third kappa shape index (κ3) is 3.64. The minimum atomic E-state index is 0.799. The minimum absolute atomic E-state index is 0.799. The molecule has 0 saturated heterocycles. The van der Waals surface area contributed by atoms with E-state index in [0.717, 1.165) is 17.9 Å². The Morgan fingerprint density at radius 1 is 1.33 bits per heavy atom. The van der Waals surface area contributed by atoms with Crippen LogP contribution in [-0.4, -0.2) is 25.0 Å². The third-order valence-electron chi connectivity index (χ3n) is 3.85. The molecule has 15 heavy (non-hydrogen) atoms. The molecule has 1 rings (SSSR count). The molecular formula is C14H27N. The van der Waals surface area contributed by atoms with Crippen molar-refractivity contribution in [2.24, 2.45) is 11.8 Å². The van der Waals surface area contributed by atoms with Crippen molar-refractivity contribution in [2.45, 2.75) is 52.0 Å². The van der Waals surface area contributed by atoms with Crippen LogP contribution in [0.3, 0.4) is 0 Å². The van der Waals surface area contributed by atoms with Gasteiger partial charge in [0.05, 0.1) is 0 Å². The fourth-order valence-corrected chi connectivity index (χ4v) is 3.15. The van der Waals surface area contributed by atoms with Crippen molar-refractivity contribution >= 4 is 0 Å². The molecule has 88 valence electrons. The molecule has 1 nitrogen and oxygen atoms in total. The summed E-state index contributed by atoms with van der Waals surface area (Å²) in [5.41, 5.74) is 1.34. The normalized spacial score (nSPS) is 29.1. The van der Waals surface area contributed by atoms with E-state index >= 15 is 0 Å². The Balaban J connectivity index is 2.58. The fourth-order valence-electron chi connectivity index (χ4n) is 3.15. The van der Waals surface area contributed by atoms with Gasteiger partial charge in [-0.2, -0.15) is 0 Å². The highest BCUT2D eigenvalue weighted by Gasteiger charge is 2.30. The summed E-state index contributed by atoms with van der Waals surface area (Å²) in [7, 11) is 4.47. The average molecular weight is 209 g/mol. The summed E-state index contributed by atoms with van der Waals surface area (Å²) < 4.78 is 0. The van der Waals surface area contributed by atoms with Gasteiger partial charge in [-0.15, -0.1) is 6.58 Å². The van der Waals surface area contributed by atoms with Crippen LogP contribution in [0.15, 0.2) is 12.2 Å². The largest absolute Gasteiger partial charge is 0.306 e. The molecule has 1 heteroatoms. The predicted molar refractivity (Wildman–Crippen MR) is 68.0 cm³/mol. The van der Waals surface area contributed by atoms with E-state index in [1.54, 1.807) is 0 Å². The first kappa shape index (κ1) is 12.8. The van der Waals surface area contributed by atoms with E-state index in [0.29, 0.717) is 0 Å². The second kappa shape index (κ2) is 5.69. The van der Waals surface area contributed by atoms with Gasteiger partial charge in [0, 0.05) is 6.04 Å². The van der Waals surface area contributed by atoms with Crippen molar-refractivity contribution in [1.29, 1.82) is 0 Å². The maximum Gasteiger partial charge on any atom is 0.0120 e. The van der Waals surface area contributed by atoms with E-state index in [9.17, 15) is 0 Å². The lowest BCUT2D eigenvalue weighted by Crippen LogP contribution is -2.40. The lowest BCUT2D eigenvalue weighted by Gasteiger charge is -2.39. The summed E-state index contributed by atoms with van der Waals surface area (Å²) in [4.78, 5) is 2.43. The first-order valence-electron chi connectivity index (χ1n) is 6.33. The average Bonchev–Trinajstić information content (AvgIpc) is 2.16. The molecule has 0 aromatic carbocycles. The van der Waals surface area contributed by atoms with Crippen LogP contribution >= 0.6 is 0 Å². The van der Waals surface area contributed by atoms with Crippen LogP contribution in [0.2, 0.25) is 0 Å². The van der Waals surface area contributed by atoms with Gasteiger partial charge in [0.25, 0.3) is 0 Å². The van der Waals surface area contributed by atoms with Crippen molar-refractivity contribution in [3.8, 4) is 0 Å². The highest BCUT2D eigenvalue weighted by molar-refractivity contribution is 4.94. The topological polar surface area (TPSA) is 3.24 Å². The van der Waals surface area contributed by atoms with Crippen molar-refractivity contribution in [3.05, 3.63) is 12.2 Å². The molecule has 0 spiro atoms. The van der Waals surface area contributed by atoms with Crippen molar-refractivity contribution in [1.82, 2.24) is 4.90 Å². The van der Waals surface area contributed by atoms with E-state index in [4.69, 9.17) is 0 Å². The Kier molecular flexibility index (Phi) is 4.85. The van der Waals surface area contributed by atoms with Crippen LogP contribution in [0.5, 0.6) is 0 Å². The van der Waals surface area contributed by atoms with Crippen LogP contribution < -0.4 is 0 Å². The number of hydrogen-bond donors (Lipinski definition) is 0. The molecule has 1 fully saturated rings. The molecule has 0 unspecified atom stereocenters. The molecule has 0 radical (unpaired) electrons. The zero-order valence-electron chi connectivity index (χ0n) is 10.9. The molecular weight excluding hydrogens is 182 g/mol. The quantitative estimate of drug-likeness (QED) is 0.638. The summed E-state index contributed by atoms with van der Waals surface area (Å²) in [6.45, 7) is 8.61. The van der Waals surface area contributed by atoms with E-state index in [2.05, 4.69) is 39.4 Å².